The van der Waals surface area contributed by atoms with Crippen LogP contribution in [0.4, 0.5) is 0 Å². The summed E-state index contributed by atoms with van der Waals surface area (Å²) in [5, 5.41) is 3.87. The van der Waals surface area contributed by atoms with Crippen molar-refractivity contribution in [3.8, 4) is 11.5 Å². The molecule has 0 aliphatic carbocycles. The molecule has 0 fully saturated rings. The number of para-hydroxylation sites is 3. The third-order valence-corrected chi connectivity index (χ3v) is 3.89. The topological polar surface area (TPSA) is 60.5 Å². The highest BCUT2D eigenvalue weighted by Gasteiger charge is 2.21. The first kappa shape index (κ1) is 14.5. The van der Waals surface area contributed by atoms with Gasteiger partial charge in [-0.25, -0.2) is 4.98 Å². The first-order valence-electron chi connectivity index (χ1n) is 7.82. The number of carbonyl (C=O) groups is 1. The van der Waals surface area contributed by atoms with Crippen LogP contribution < -0.4 is 14.8 Å². The Balaban J connectivity index is 1.41. The molecule has 1 atom stereocenters. The molecule has 2 heterocycles. The number of nitrogens with one attached hydrogen (secondary N) is 1. The van der Waals surface area contributed by atoms with Gasteiger partial charge < -0.3 is 14.8 Å². The maximum absolute atomic E-state index is 12.3. The van der Waals surface area contributed by atoms with Gasteiger partial charge in [-0.1, -0.05) is 36.4 Å². The fourth-order valence-electron chi connectivity index (χ4n) is 2.65. The summed E-state index contributed by atoms with van der Waals surface area (Å²) in [6.45, 7) is 0.768. The molecule has 1 unspecified atom stereocenters. The van der Waals surface area contributed by atoms with E-state index in [0.717, 1.165) is 16.7 Å². The molecule has 1 aliphatic heterocycles. The summed E-state index contributed by atoms with van der Waals surface area (Å²) in [7, 11) is 0. The van der Waals surface area contributed by atoms with Crippen molar-refractivity contribution in [3.05, 3.63) is 66.4 Å². The predicted molar refractivity (Wildman–Crippen MR) is 90.4 cm³/mol. The monoisotopic (exact) mass is 320 g/mol. The van der Waals surface area contributed by atoms with E-state index in [9.17, 15) is 4.79 Å². The molecule has 5 nitrogen and oxygen atoms in total. The van der Waals surface area contributed by atoms with Gasteiger partial charge in [-0.3, -0.25) is 4.79 Å². The largest absolute Gasteiger partial charge is 0.486 e. The lowest BCUT2D eigenvalue weighted by molar-refractivity contribution is 0.0786. The van der Waals surface area contributed by atoms with Crippen LogP contribution in [0.25, 0.3) is 10.9 Å². The third-order valence-electron chi connectivity index (χ3n) is 3.89. The molecule has 4 rings (SSSR count). The molecule has 5 heteroatoms. The van der Waals surface area contributed by atoms with Crippen molar-refractivity contribution in [2.75, 3.05) is 13.2 Å². The summed E-state index contributed by atoms with van der Waals surface area (Å²) < 4.78 is 11.5. The van der Waals surface area contributed by atoms with Crippen LogP contribution >= 0.6 is 0 Å². The Kier molecular flexibility index (Phi) is 3.75. The molecule has 0 radical (unpaired) electrons. The first-order chi connectivity index (χ1) is 11.8. The summed E-state index contributed by atoms with van der Waals surface area (Å²) in [5.41, 5.74) is 1.20. The van der Waals surface area contributed by atoms with Crippen molar-refractivity contribution < 1.29 is 14.3 Å². The SMILES string of the molecule is O=C(NCC1COc2ccccc2O1)c1ccc2ccccc2n1. The van der Waals surface area contributed by atoms with E-state index in [4.69, 9.17) is 9.47 Å². The quantitative estimate of drug-likeness (QED) is 0.806. The van der Waals surface area contributed by atoms with Gasteiger partial charge in [0.1, 0.15) is 18.4 Å². The van der Waals surface area contributed by atoms with E-state index in [1.54, 1.807) is 6.07 Å². The fraction of sp³-hybridized carbons (Fsp3) is 0.158. The maximum Gasteiger partial charge on any atom is 0.270 e. The highest BCUT2D eigenvalue weighted by atomic mass is 16.6. The minimum Gasteiger partial charge on any atom is -0.486 e. The Morgan fingerprint density at radius 1 is 1.04 bits per heavy atom. The van der Waals surface area contributed by atoms with Crippen molar-refractivity contribution in [1.82, 2.24) is 10.3 Å². The average Bonchev–Trinajstić information content (AvgIpc) is 2.65. The number of aromatic nitrogens is 1. The lowest BCUT2D eigenvalue weighted by Crippen LogP contribution is -2.40. The number of ether oxygens (including phenoxy) is 2. The summed E-state index contributed by atoms with van der Waals surface area (Å²) in [4.78, 5) is 16.7. The summed E-state index contributed by atoms with van der Waals surface area (Å²) in [6.07, 6.45) is -0.218. The average molecular weight is 320 g/mol. The molecule has 24 heavy (non-hydrogen) atoms. The number of amides is 1. The van der Waals surface area contributed by atoms with Crippen LogP contribution in [-0.2, 0) is 0 Å². The van der Waals surface area contributed by atoms with Gasteiger partial charge in [-0.2, -0.15) is 0 Å². The molecule has 3 aromatic rings. The Labute approximate surface area is 139 Å². The second-order valence-corrected chi connectivity index (χ2v) is 5.60. The first-order valence-corrected chi connectivity index (χ1v) is 7.82. The molecule has 120 valence electrons. The van der Waals surface area contributed by atoms with E-state index in [0.29, 0.717) is 24.6 Å². The van der Waals surface area contributed by atoms with Gasteiger partial charge >= 0.3 is 0 Å². The fourth-order valence-corrected chi connectivity index (χ4v) is 2.65. The molecule has 0 bridgehead atoms. The second-order valence-electron chi connectivity index (χ2n) is 5.60. The smallest absolute Gasteiger partial charge is 0.270 e. The zero-order chi connectivity index (χ0) is 16.4. The molecule has 1 aliphatic rings. The number of pyridine rings is 1. The van der Waals surface area contributed by atoms with Crippen LogP contribution in [0, 0.1) is 0 Å². The summed E-state index contributed by atoms with van der Waals surface area (Å²) >= 11 is 0. The number of nitrogens with zero attached hydrogens (tertiary/aromatic N) is 1. The molecular formula is C19H16N2O3. The second kappa shape index (κ2) is 6.20. The van der Waals surface area contributed by atoms with E-state index >= 15 is 0 Å². The zero-order valence-electron chi connectivity index (χ0n) is 12.9. The van der Waals surface area contributed by atoms with E-state index in [1.165, 1.54) is 0 Å². The van der Waals surface area contributed by atoms with Crippen LogP contribution in [0.1, 0.15) is 10.5 Å². The van der Waals surface area contributed by atoms with Crippen molar-refractivity contribution in [2.24, 2.45) is 0 Å². The minimum absolute atomic E-state index is 0.218. The Hall–Kier alpha value is -3.08. The number of carbonyl (C=O) groups excluding carboxylic acids is 1. The van der Waals surface area contributed by atoms with Crippen LogP contribution in [-0.4, -0.2) is 30.1 Å². The highest BCUT2D eigenvalue weighted by Crippen LogP contribution is 2.30. The normalized spacial score (nSPS) is 15.9. The van der Waals surface area contributed by atoms with Gasteiger partial charge in [0.25, 0.3) is 5.91 Å². The maximum atomic E-state index is 12.3. The van der Waals surface area contributed by atoms with Gasteiger partial charge in [0, 0.05) is 5.39 Å². The van der Waals surface area contributed by atoms with E-state index in [1.807, 2.05) is 54.6 Å². The van der Waals surface area contributed by atoms with Crippen molar-refractivity contribution >= 4 is 16.8 Å². The number of rotatable bonds is 3. The van der Waals surface area contributed by atoms with Crippen LogP contribution in [0.5, 0.6) is 11.5 Å². The minimum atomic E-state index is -0.219. The Morgan fingerprint density at radius 2 is 1.83 bits per heavy atom. The van der Waals surface area contributed by atoms with E-state index < -0.39 is 0 Å². The van der Waals surface area contributed by atoms with Gasteiger partial charge in [0.15, 0.2) is 11.5 Å². The van der Waals surface area contributed by atoms with Crippen molar-refractivity contribution in [1.29, 1.82) is 0 Å². The molecule has 2 aromatic carbocycles. The number of hydrogen-bond donors (Lipinski definition) is 1. The Morgan fingerprint density at radius 3 is 2.75 bits per heavy atom. The molecule has 0 spiro atoms. The van der Waals surface area contributed by atoms with Gasteiger partial charge in [0.2, 0.25) is 0 Å². The highest BCUT2D eigenvalue weighted by molar-refractivity contribution is 5.94. The lowest BCUT2D eigenvalue weighted by Gasteiger charge is -2.26. The number of fused-ring (bicyclic) bond motifs is 2. The predicted octanol–water partition coefficient (Wildman–Crippen LogP) is 2.80. The lowest BCUT2D eigenvalue weighted by atomic mass is 10.2. The molecule has 0 saturated heterocycles. The summed E-state index contributed by atoms with van der Waals surface area (Å²) in [6, 6.07) is 18.8. The molecule has 1 aromatic heterocycles. The number of hydrogen-bond acceptors (Lipinski definition) is 4. The van der Waals surface area contributed by atoms with E-state index in [-0.39, 0.29) is 12.0 Å². The van der Waals surface area contributed by atoms with Gasteiger partial charge in [0.05, 0.1) is 12.1 Å². The van der Waals surface area contributed by atoms with Gasteiger partial charge in [-0.05, 0) is 24.3 Å². The summed E-state index contributed by atoms with van der Waals surface area (Å²) in [5.74, 6) is 1.21. The zero-order valence-corrected chi connectivity index (χ0v) is 12.9. The third kappa shape index (κ3) is 2.88. The standard InChI is InChI=1S/C19H16N2O3/c22-19(16-10-9-13-5-1-2-6-15(13)21-16)20-11-14-12-23-17-7-3-4-8-18(17)24-14/h1-10,14H,11-12H2,(H,20,22). The molecule has 1 amide bonds. The Bertz CT molecular complexity index is 894. The molecular weight excluding hydrogens is 304 g/mol. The van der Waals surface area contributed by atoms with Crippen molar-refractivity contribution in [2.45, 2.75) is 6.10 Å². The van der Waals surface area contributed by atoms with Crippen LogP contribution in [0.3, 0.4) is 0 Å². The van der Waals surface area contributed by atoms with Crippen LogP contribution in [0.15, 0.2) is 60.7 Å². The van der Waals surface area contributed by atoms with Crippen molar-refractivity contribution in [3.63, 3.8) is 0 Å². The van der Waals surface area contributed by atoms with Crippen LogP contribution in [0.2, 0.25) is 0 Å². The molecule has 0 saturated carbocycles. The molecule has 1 N–H and O–H groups in total. The van der Waals surface area contributed by atoms with Gasteiger partial charge in [-0.15, -0.1) is 0 Å². The number of benzene rings is 2. The van der Waals surface area contributed by atoms with E-state index in [2.05, 4.69) is 10.3 Å².